The summed E-state index contributed by atoms with van der Waals surface area (Å²) < 4.78 is 55.5. The molecular formula is C16H10F2O3S. The molecule has 0 aliphatic carbocycles. The minimum atomic E-state index is -4.20. The molecule has 6 heteroatoms. The average molecular weight is 320 g/mol. The number of halogens is 2. The second kappa shape index (κ2) is 5.38. The summed E-state index contributed by atoms with van der Waals surface area (Å²) in [5.41, 5.74) is 0. The Bertz CT molecular complexity index is 953. The maximum atomic E-state index is 13.5. The van der Waals surface area contributed by atoms with Gasteiger partial charge in [-0.2, -0.15) is 8.42 Å². The number of rotatable bonds is 3. The normalized spacial score (nSPS) is 11.5. The van der Waals surface area contributed by atoms with E-state index in [1.807, 2.05) is 12.1 Å². The van der Waals surface area contributed by atoms with Gasteiger partial charge in [-0.05, 0) is 35.0 Å². The van der Waals surface area contributed by atoms with Crippen LogP contribution >= 0.6 is 0 Å². The Morgan fingerprint density at radius 2 is 1.55 bits per heavy atom. The third-order valence-electron chi connectivity index (χ3n) is 3.10. The van der Waals surface area contributed by atoms with Gasteiger partial charge in [0.15, 0.2) is 11.6 Å². The van der Waals surface area contributed by atoms with Gasteiger partial charge in [-0.1, -0.05) is 30.3 Å². The summed E-state index contributed by atoms with van der Waals surface area (Å²) in [7, 11) is -4.20. The molecule has 0 aliphatic heterocycles. The summed E-state index contributed by atoms with van der Waals surface area (Å²) in [6, 6.07) is 14.1. The first kappa shape index (κ1) is 14.5. The summed E-state index contributed by atoms with van der Waals surface area (Å²) in [4.78, 5) is -0.102. The van der Waals surface area contributed by atoms with Gasteiger partial charge in [0.25, 0.3) is 0 Å². The molecule has 0 aliphatic rings. The van der Waals surface area contributed by atoms with Gasteiger partial charge in [0.2, 0.25) is 0 Å². The Morgan fingerprint density at radius 1 is 0.818 bits per heavy atom. The summed E-state index contributed by atoms with van der Waals surface area (Å²) in [6.07, 6.45) is 0. The van der Waals surface area contributed by atoms with Crippen LogP contribution in [-0.4, -0.2) is 8.42 Å². The van der Waals surface area contributed by atoms with Gasteiger partial charge in [-0.3, -0.25) is 0 Å². The molecule has 3 nitrogen and oxygen atoms in total. The van der Waals surface area contributed by atoms with Crippen LogP contribution in [0.1, 0.15) is 0 Å². The lowest BCUT2D eigenvalue weighted by molar-refractivity contribution is 0.457. The van der Waals surface area contributed by atoms with Crippen molar-refractivity contribution in [3.05, 3.63) is 72.3 Å². The molecule has 0 saturated heterocycles. The van der Waals surface area contributed by atoms with Crippen molar-refractivity contribution < 1.29 is 21.4 Å². The van der Waals surface area contributed by atoms with E-state index in [4.69, 9.17) is 4.18 Å². The van der Waals surface area contributed by atoms with Crippen LogP contribution in [-0.2, 0) is 10.1 Å². The maximum Gasteiger partial charge on any atom is 0.339 e. The van der Waals surface area contributed by atoms with Crippen molar-refractivity contribution in [3.63, 3.8) is 0 Å². The van der Waals surface area contributed by atoms with Gasteiger partial charge in [0.05, 0.1) is 0 Å². The highest BCUT2D eigenvalue weighted by molar-refractivity contribution is 7.87. The lowest BCUT2D eigenvalue weighted by atomic mass is 10.1. The van der Waals surface area contributed by atoms with Crippen molar-refractivity contribution in [2.24, 2.45) is 0 Å². The molecule has 0 amide bonds. The molecule has 0 atom stereocenters. The zero-order chi connectivity index (χ0) is 15.7. The first-order chi connectivity index (χ1) is 10.5. The van der Waals surface area contributed by atoms with E-state index in [1.54, 1.807) is 18.2 Å². The highest BCUT2D eigenvalue weighted by Gasteiger charge is 2.19. The minimum absolute atomic E-state index is 0.102. The monoisotopic (exact) mass is 320 g/mol. The van der Waals surface area contributed by atoms with Gasteiger partial charge in [0, 0.05) is 6.07 Å². The second-order valence-electron chi connectivity index (χ2n) is 4.62. The zero-order valence-corrected chi connectivity index (χ0v) is 12.0. The molecule has 0 N–H and O–H groups in total. The van der Waals surface area contributed by atoms with Gasteiger partial charge < -0.3 is 4.18 Å². The van der Waals surface area contributed by atoms with E-state index in [0.29, 0.717) is 11.5 Å². The van der Waals surface area contributed by atoms with Crippen molar-refractivity contribution in [1.82, 2.24) is 0 Å². The van der Waals surface area contributed by atoms with E-state index in [2.05, 4.69) is 0 Å². The van der Waals surface area contributed by atoms with Crippen molar-refractivity contribution in [3.8, 4) is 5.75 Å². The van der Waals surface area contributed by atoms with Crippen LogP contribution in [0.3, 0.4) is 0 Å². The summed E-state index contributed by atoms with van der Waals surface area (Å²) in [6.45, 7) is 0. The molecule has 0 spiro atoms. The Balaban J connectivity index is 2.00. The van der Waals surface area contributed by atoms with E-state index in [1.165, 1.54) is 12.1 Å². The van der Waals surface area contributed by atoms with E-state index >= 15 is 0 Å². The first-order valence-corrected chi connectivity index (χ1v) is 7.75. The summed E-state index contributed by atoms with van der Waals surface area (Å²) in [5.74, 6) is -2.44. The molecule has 22 heavy (non-hydrogen) atoms. The fourth-order valence-electron chi connectivity index (χ4n) is 2.03. The van der Waals surface area contributed by atoms with Crippen LogP contribution in [0, 0.1) is 11.6 Å². The van der Waals surface area contributed by atoms with Gasteiger partial charge >= 0.3 is 10.1 Å². The molecule has 0 heterocycles. The molecule has 112 valence electrons. The van der Waals surface area contributed by atoms with Crippen molar-refractivity contribution in [2.45, 2.75) is 4.90 Å². The lowest BCUT2D eigenvalue weighted by Gasteiger charge is -2.08. The smallest absolute Gasteiger partial charge is 0.339 e. The third kappa shape index (κ3) is 2.78. The van der Waals surface area contributed by atoms with Gasteiger partial charge in [0.1, 0.15) is 10.7 Å². The minimum Gasteiger partial charge on any atom is -0.376 e. The number of benzene rings is 3. The molecule has 0 fully saturated rings. The Hall–Kier alpha value is -2.47. The fourth-order valence-corrected chi connectivity index (χ4v) is 3.01. The molecular weight excluding hydrogens is 310 g/mol. The molecule has 0 bridgehead atoms. The Morgan fingerprint density at radius 3 is 2.27 bits per heavy atom. The van der Waals surface area contributed by atoms with Crippen molar-refractivity contribution in [1.29, 1.82) is 0 Å². The fraction of sp³-hybridized carbons (Fsp3) is 0. The summed E-state index contributed by atoms with van der Waals surface area (Å²) >= 11 is 0. The molecule has 0 aromatic heterocycles. The molecule has 3 rings (SSSR count). The number of fused-ring (bicyclic) bond motifs is 1. The van der Waals surface area contributed by atoms with Crippen LogP contribution in [0.15, 0.2) is 65.6 Å². The zero-order valence-electron chi connectivity index (χ0n) is 11.2. The Labute approximate surface area is 125 Å². The first-order valence-electron chi connectivity index (χ1n) is 6.34. The van der Waals surface area contributed by atoms with Crippen LogP contribution in [0.25, 0.3) is 10.8 Å². The molecule has 3 aromatic rings. The quantitative estimate of drug-likeness (QED) is 0.688. The van der Waals surface area contributed by atoms with Crippen LogP contribution < -0.4 is 4.18 Å². The molecule has 3 aromatic carbocycles. The van der Waals surface area contributed by atoms with Gasteiger partial charge in [-0.25, -0.2) is 8.78 Å². The number of hydrogen-bond acceptors (Lipinski definition) is 3. The largest absolute Gasteiger partial charge is 0.376 e. The van der Waals surface area contributed by atoms with Crippen molar-refractivity contribution in [2.75, 3.05) is 0 Å². The van der Waals surface area contributed by atoms with E-state index in [9.17, 15) is 17.2 Å². The van der Waals surface area contributed by atoms with Crippen LogP contribution in [0.5, 0.6) is 5.75 Å². The lowest BCUT2D eigenvalue weighted by Crippen LogP contribution is -2.10. The predicted molar refractivity (Wildman–Crippen MR) is 78.1 cm³/mol. The second-order valence-corrected chi connectivity index (χ2v) is 6.17. The van der Waals surface area contributed by atoms with Crippen LogP contribution in [0.2, 0.25) is 0 Å². The average Bonchev–Trinajstić information content (AvgIpc) is 2.49. The van der Waals surface area contributed by atoms with E-state index < -0.39 is 27.5 Å². The maximum absolute atomic E-state index is 13.5. The highest BCUT2D eigenvalue weighted by Crippen LogP contribution is 2.24. The standard InChI is InChI=1S/C16H10F2O3S/c17-13-6-8-16(15(18)10-13)21-22(19,20)14-7-5-11-3-1-2-4-12(11)9-14/h1-10H. The van der Waals surface area contributed by atoms with Gasteiger partial charge in [-0.15, -0.1) is 0 Å². The van der Waals surface area contributed by atoms with Crippen molar-refractivity contribution >= 4 is 20.9 Å². The molecule has 0 radical (unpaired) electrons. The summed E-state index contributed by atoms with van der Waals surface area (Å²) in [5, 5.41) is 1.58. The van der Waals surface area contributed by atoms with Crippen LogP contribution in [0.4, 0.5) is 8.78 Å². The van der Waals surface area contributed by atoms with E-state index in [0.717, 1.165) is 17.5 Å². The third-order valence-corrected chi connectivity index (χ3v) is 4.33. The predicted octanol–water partition coefficient (Wildman–Crippen LogP) is 3.89. The topological polar surface area (TPSA) is 43.4 Å². The Kier molecular flexibility index (Phi) is 3.54. The number of hydrogen-bond donors (Lipinski definition) is 0. The molecule has 0 saturated carbocycles. The highest BCUT2D eigenvalue weighted by atomic mass is 32.2. The SMILES string of the molecule is O=S(=O)(Oc1ccc(F)cc1F)c1ccc2ccccc2c1. The van der Waals surface area contributed by atoms with E-state index in [-0.39, 0.29) is 4.90 Å². The molecule has 0 unspecified atom stereocenters.